The first-order chi connectivity index (χ1) is 9.49. The van der Waals surface area contributed by atoms with Gasteiger partial charge in [0.25, 0.3) is 5.69 Å². The summed E-state index contributed by atoms with van der Waals surface area (Å²) >= 11 is 0. The van der Waals surface area contributed by atoms with Crippen molar-refractivity contribution in [3.05, 3.63) is 39.9 Å². The number of hydrogen-bond donors (Lipinski definition) is 1. The molecule has 1 amide bonds. The van der Waals surface area contributed by atoms with E-state index in [0.717, 1.165) is 5.56 Å². The Kier molecular flexibility index (Phi) is 6.11. The highest BCUT2D eigenvalue weighted by Gasteiger charge is 2.12. The standard InChI is InChI=1S/C14H21N3O3/c1-4-16(5-2)14(18)10-15-11(3)12-6-8-13(9-7-12)17(19)20/h6-9,11,15H,4-5,10H2,1-3H3. The van der Waals surface area contributed by atoms with E-state index in [9.17, 15) is 14.9 Å². The Balaban J connectivity index is 2.56. The van der Waals surface area contributed by atoms with Gasteiger partial charge in [-0.3, -0.25) is 14.9 Å². The average molecular weight is 279 g/mol. The fraction of sp³-hybridized carbons (Fsp3) is 0.500. The molecular formula is C14H21N3O3. The quantitative estimate of drug-likeness (QED) is 0.612. The van der Waals surface area contributed by atoms with Crippen molar-refractivity contribution < 1.29 is 9.72 Å². The minimum atomic E-state index is -0.425. The van der Waals surface area contributed by atoms with E-state index in [4.69, 9.17) is 0 Å². The molecule has 0 radical (unpaired) electrons. The number of likely N-dealkylation sites (N-methyl/N-ethyl adjacent to an activating group) is 1. The lowest BCUT2D eigenvalue weighted by molar-refractivity contribution is -0.384. The first kappa shape index (κ1) is 16.1. The smallest absolute Gasteiger partial charge is 0.269 e. The molecule has 0 heterocycles. The molecule has 6 heteroatoms. The first-order valence-electron chi connectivity index (χ1n) is 6.75. The largest absolute Gasteiger partial charge is 0.342 e. The van der Waals surface area contributed by atoms with E-state index in [1.807, 2.05) is 20.8 Å². The lowest BCUT2D eigenvalue weighted by atomic mass is 10.1. The van der Waals surface area contributed by atoms with E-state index in [2.05, 4.69) is 5.32 Å². The molecule has 0 aliphatic heterocycles. The zero-order chi connectivity index (χ0) is 15.1. The summed E-state index contributed by atoms with van der Waals surface area (Å²) in [6, 6.07) is 6.32. The Morgan fingerprint density at radius 3 is 2.30 bits per heavy atom. The molecule has 1 N–H and O–H groups in total. The maximum Gasteiger partial charge on any atom is 0.269 e. The van der Waals surface area contributed by atoms with Crippen LogP contribution in [-0.2, 0) is 4.79 Å². The molecule has 1 atom stereocenters. The van der Waals surface area contributed by atoms with Crippen LogP contribution in [0, 0.1) is 10.1 Å². The predicted octanol–water partition coefficient (Wildman–Crippen LogP) is 2.11. The fourth-order valence-corrected chi connectivity index (χ4v) is 1.93. The monoisotopic (exact) mass is 279 g/mol. The van der Waals surface area contributed by atoms with Crippen molar-refractivity contribution in [1.82, 2.24) is 10.2 Å². The summed E-state index contributed by atoms with van der Waals surface area (Å²) in [6.07, 6.45) is 0. The van der Waals surface area contributed by atoms with E-state index in [0.29, 0.717) is 13.1 Å². The van der Waals surface area contributed by atoms with Crippen molar-refractivity contribution in [2.45, 2.75) is 26.8 Å². The molecule has 0 saturated heterocycles. The second-order valence-electron chi connectivity index (χ2n) is 4.52. The third kappa shape index (κ3) is 4.31. The van der Waals surface area contributed by atoms with Crippen molar-refractivity contribution in [2.75, 3.05) is 19.6 Å². The summed E-state index contributed by atoms with van der Waals surface area (Å²) in [6.45, 7) is 7.48. The second kappa shape index (κ2) is 7.59. The van der Waals surface area contributed by atoms with Crippen molar-refractivity contribution in [2.24, 2.45) is 0 Å². The van der Waals surface area contributed by atoms with Gasteiger partial charge in [-0.2, -0.15) is 0 Å². The number of hydrogen-bond acceptors (Lipinski definition) is 4. The van der Waals surface area contributed by atoms with Crippen LogP contribution >= 0.6 is 0 Å². The van der Waals surface area contributed by atoms with Gasteiger partial charge in [-0.1, -0.05) is 12.1 Å². The van der Waals surface area contributed by atoms with Gasteiger partial charge in [0.15, 0.2) is 0 Å². The van der Waals surface area contributed by atoms with Gasteiger partial charge in [0, 0.05) is 31.3 Å². The number of nitrogens with one attached hydrogen (secondary N) is 1. The number of amides is 1. The molecule has 1 unspecified atom stereocenters. The van der Waals surface area contributed by atoms with E-state index < -0.39 is 4.92 Å². The summed E-state index contributed by atoms with van der Waals surface area (Å²) in [4.78, 5) is 23.8. The molecule has 6 nitrogen and oxygen atoms in total. The molecule has 1 aromatic carbocycles. The summed E-state index contributed by atoms with van der Waals surface area (Å²) in [5.74, 6) is 0.0590. The van der Waals surface area contributed by atoms with Gasteiger partial charge < -0.3 is 10.2 Å². The molecule has 110 valence electrons. The van der Waals surface area contributed by atoms with E-state index in [1.165, 1.54) is 12.1 Å². The predicted molar refractivity (Wildman–Crippen MR) is 77.4 cm³/mol. The molecule has 1 aromatic rings. The van der Waals surface area contributed by atoms with Gasteiger partial charge in [-0.15, -0.1) is 0 Å². The van der Waals surface area contributed by atoms with Crippen LogP contribution in [0.15, 0.2) is 24.3 Å². The third-order valence-electron chi connectivity index (χ3n) is 3.28. The maximum absolute atomic E-state index is 11.9. The van der Waals surface area contributed by atoms with Crippen molar-refractivity contribution >= 4 is 11.6 Å². The van der Waals surface area contributed by atoms with Crippen molar-refractivity contribution in [3.63, 3.8) is 0 Å². The van der Waals surface area contributed by atoms with Gasteiger partial charge >= 0.3 is 0 Å². The molecule has 1 rings (SSSR count). The van der Waals surface area contributed by atoms with Gasteiger partial charge in [-0.25, -0.2) is 0 Å². The first-order valence-corrected chi connectivity index (χ1v) is 6.75. The van der Waals surface area contributed by atoms with E-state index in [-0.39, 0.29) is 24.2 Å². The number of nitrogens with zero attached hydrogens (tertiary/aromatic N) is 2. The average Bonchev–Trinajstić information content (AvgIpc) is 2.46. The van der Waals surface area contributed by atoms with Crippen LogP contribution < -0.4 is 5.32 Å². The SMILES string of the molecule is CCN(CC)C(=O)CNC(C)c1ccc([N+](=O)[O-])cc1. The minimum absolute atomic E-state index is 0.0321. The maximum atomic E-state index is 11.9. The van der Waals surface area contributed by atoms with Gasteiger partial charge in [0.05, 0.1) is 11.5 Å². The Bertz CT molecular complexity index is 455. The van der Waals surface area contributed by atoms with Crippen LogP contribution in [0.4, 0.5) is 5.69 Å². The second-order valence-corrected chi connectivity index (χ2v) is 4.52. The number of rotatable bonds is 7. The van der Waals surface area contributed by atoms with E-state index >= 15 is 0 Å². The molecule has 0 aliphatic rings. The molecule has 0 aromatic heterocycles. The van der Waals surface area contributed by atoms with Gasteiger partial charge in [0.1, 0.15) is 0 Å². The number of carbonyl (C=O) groups is 1. The summed E-state index contributed by atoms with van der Waals surface area (Å²) < 4.78 is 0. The Morgan fingerprint density at radius 2 is 1.85 bits per heavy atom. The minimum Gasteiger partial charge on any atom is -0.342 e. The van der Waals surface area contributed by atoms with Crippen LogP contribution in [0.25, 0.3) is 0 Å². The fourth-order valence-electron chi connectivity index (χ4n) is 1.93. The highest BCUT2D eigenvalue weighted by molar-refractivity contribution is 5.78. The summed E-state index contributed by atoms with van der Waals surface area (Å²) in [7, 11) is 0. The molecule has 0 aliphatic carbocycles. The van der Waals surface area contributed by atoms with E-state index in [1.54, 1.807) is 17.0 Å². The zero-order valence-corrected chi connectivity index (χ0v) is 12.1. The van der Waals surface area contributed by atoms with Crippen LogP contribution in [0.1, 0.15) is 32.4 Å². The molecule has 0 bridgehead atoms. The van der Waals surface area contributed by atoms with Crippen molar-refractivity contribution in [1.29, 1.82) is 0 Å². The highest BCUT2D eigenvalue weighted by Crippen LogP contribution is 2.17. The topological polar surface area (TPSA) is 75.5 Å². The molecule has 0 saturated carbocycles. The number of nitro groups is 1. The summed E-state index contributed by atoms with van der Waals surface area (Å²) in [5.41, 5.74) is 0.989. The lowest BCUT2D eigenvalue weighted by Gasteiger charge is -2.20. The van der Waals surface area contributed by atoms with Gasteiger partial charge in [0.2, 0.25) is 5.91 Å². The van der Waals surface area contributed by atoms with Crippen LogP contribution in [-0.4, -0.2) is 35.4 Å². The zero-order valence-electron chi connectivity index (χ0n) is 12.1. The van der Waals surface area contributed by atoms with Crippen LogP contribution in [0.2, 0.25) is 0 Å². The molecule has 0 spiro atoms. The Morgan fingerprint density at radius 1 is 1.30 bits per heavy atom. The Labute approximate surface area is 118 Å². The van der Waals surface area contributed by atoms with Gasteiger partial charge in [-0.05, 0) is 26.3 Å². The normalized spacial score (nSPS) is 11.9. The summed E-state index contributed by atoms with van der Waals surface area (Å²) in [5, 5.41) is 13.7. The lowest BCUT2D eigenvalue weighted by Crippen LogP contribution is -2.38. The third-order valence-corrected chi connectivity index (χ3v) is 3.28. The Hall–Kier alpha value is -1.95. The number of carbonyl (C=O) groups excluding carboxylic acids is 1. The number of nitro benzene ring substituents is 1. The number of non-ortho nitro benzene ring substituents is 1. The van der Waals surface area contributed by atoms with Crippen molar-refractivity contribution in [3.8, 4) is 0 Å². The molecule has 20 heavy (non-hydrogen) atoms. The number of benzene rings is 1. The highest BCUT2D eigenvalue weighted by atomic mass is 16.6. The molecule has 0 fully saturated rings. The molecular weight excluding hydrogens is 258 g/mol. The van der Waals surface area contributed by atoms with Crippen LogP contribution in [0.3, 0.4) is 0 Å². The van der Waals surface area contributed by atoms with Crippen LogP contribution in [0.5, 0.6) is 0 Å².